The van der Waals surface area contributed by atoms with Crippen LogP contribution in [-0.4, -0.2) is 29.1 Å². The first-order valence-corrected chi connectivity index (χ1v) is 4.45. The van der Waals surface area contributed by atoms with Gasteiger partial charge in [0.1, 0.15) is 0 Å². The Kier molecular flexibility index (Phi) is 2.26. The van der Waals surface area contributed by atoms with E-state index < -0.39 is 17.8 Å². The van der Waals surface area contributed by atoms with Crippen LogP contribution in [0.2, 0.25) is 0 Å². The van der Waals surface area contributed by atoms with Crippen LogP contribution in [0.4, 0.5) is 9.18 Å². The largest absolute Gasteiger partial charge is 0.494 e. The summed E-state index contributed by atoms with van der Waals surface area (Å²) >= 11 is 0. The van der Waals surface area contributed by atoms with Crippen LogP contribution < -0.4 is 4.74 Å². The summed E-state index contributed by atoms with van der Waals surface area (Å²) in [4.78, 5) is 22.9. The van der Waals surface area contributed by atoms with Crippen LogP contribution in [0.25, 0.3) is 0 Å². The Hall–Kier alpha value is -2.11. The second kappa shape index (κ2) is 3.48. The third-order valence-corrected chi connectivity index (χ3v) is 2.41. The van der Waals surface area contributed by atoms with Crippen LogP contribution in [0.3, 0.4) is 0 Å². The molecule has 2 rings (SSSR count). The van der Waals surface area contributed by atoms with Crippen molar-refractivity contribution < 1.29 is 23.8 Å². The van der Waals surface area contributed by atoms with Gasteiger partial charge in [-0.05, 0) is 17.7 Å². The fourth-order valence-corrected chi connectivity index (χ4v) is 1.62. The van der Waals surface area contributed by atoms with Gasteiger partial charge in [0.2, 0.25) is 0 Å². The number of imide groups is 1. The number of hydrogen-bond acceptors (Lipinski definition) is 3. The molecular formula is C10H8FNO4. The summed E-state index contributed by atoms with van der Waals surface area (Å²) < 4.78 is 18.1. The molecule has 16 heavy (non-hydrogen) atoms. The number of carbonyl (C=O) groups is 2. The van der Waals surface area contributed by atoms with Crippen LogP contribution in [0.5, 0.6) is 5.75 Å². The van der Waals surface area contributed by atoms with Gasteiger partial charge in [-0.2, -0.15) is 0 Å². The summed E-state index contributed by atoms with van der Waals surface area (Å²) in [5, 5.41) is 8.73. The monoisotopic (exact) mass is 225 g/mol. The van der Waals surface area contributed by atoms with E-state index in [0.717, 1.165) is 6.07 Å². The molecule has 1 N–H and O–H groups in total. The zero-order valence-electron chi connectivity index (χ0n) is 8.36. The number of fused-ring (bicyclic) bond motifs is 1. The molecule has 1 aliphatic rings. The number of benzene rings is 1. The van der Waals surface area contributed by atoms with E-state index in [0.29, 0.717) is 10.5 Å². The Balaban J connectivity index is 2.48. The Morgan fingerprint density at radius 2 is 2.25 bits per heavy atom. The standard InChI is InChI=1S/C10H8FNO4/c1-16-8-2-5-4-12(10(14)15)9(13)6(5)3-7(8)11/h2-3H,4H2,1H3,(H,14,15). The smallest absolute Gasteiger partial charge is 0.414 e. The maximum atomic E-state index is 13.3. The molecule has 0 unspecified atom stereocenters. The lowest BCUT2D eigenvalue weighted by Gasteiger charge is -2.06. The minimum atomic E-state index is -1.35. The normalized spacial score (nSPS) is 13.9. The highest BCUT2D eigenvalue weighted by Crippen LogP contribution is 2.29. The summed E-state index contributed by atoms with van der Waals surface area (Å²) in [5.74, 6) is -1.38. The van der Waals surface area contributed by atoms with E-state index in [1.807, 2.05) is 0 Å². The molecule has 0 aliphatic carbocycles. The molecule has 5 nitrogen and oxygen atoms in total. The minimum absolute atomic E-state index is 0.00112. The molecule has 0 saturated carbocycles. The number of ether oxygens (including phenoxy) is 1. The Morgan fingerprint density at radius 1 is 1.56 bits per heavy atom. The second-order valence-corrected chi connectivity index (χ2v) is 3.32. The summed E-state index contributed by atoms with van der Waals surface area (Å²) in [6.45, 7) is -0.0693. The van der Waals surface area contributed by atoms with Gasteiger partial charge in [0, 0.05) is 5.56 Å². The average Bonchev–Trinajstić information content (AvgIpc) is 2.55. The van der Waals surface area contributed by atoms with Gasteiger partial charge < -0.3 is 9.84 Å². The molecule has 0 aromatic heterocycles. The van der Waals surface area contributed by atoms with Crippen LogP contribution in [0.15, 0.2) is 12.1 Å². The number of hydrogen-bond donors (Lipinski definition) is 1. The quantitative estimate of drug-likeness (QED) is 0.785. The predicted molar refractivity (Wildman–Crippen MR) is 50.9 cm³/mol. The van der Waals surface area contributed by atoms with Crippen molar-refractivity contribution in [3.05, 3.63) is 29.1 Å². The fourth-order valence-electron chi connectivity index (χ4n) is 1.62. The van der Waals surface area contributed by atoms with Crippen molar-refractivity contribution in [1.29, 1.82) is 0 Å². The van der Waals surface area contributed by atoms with Gasteiger partial charge >= 0.3 is 6.09 Å². The third kappa shape index (κ3) is 1.39. The van der Waals surface area contributed by atoms with Gasteiger partial charge in [-0.1, -0.05) is 0 Å². The highest BCUT2D eigenvalue weighted by atomic mass is 19.1. The van der Waals surface area contributed by atoms with E-state index >= 15 is 0 Å². The molecule has 0 atom stereocenters. The van der Waals surface area contributed by atoms with Gasteiger partial charge in [-0.15, -0.1) is 0 Å². The molecule has 0 bridgehead atoms. The van der Waals surface area contributed by atoms with E-state index in [1.54, 1.807) is 0 Å². The maximum Gasteiger partial charge on any atom is 0.414 e. The Bertz CT molecular complexity index is 486. The van der Waals surface area contributed by atoms with Crippen LogP contribution in [-0.2, 0) is 6.54 Å². The van der Waals surface area contributed by atoms with Gasteiger partial charge in [-0.3, -0.25) is 4.79 Å². The number of carboxylic acid groups (broad SMARTS) is 1. The molecule has 1 heterocycles. The molecule has 1 aromatic rings. The van der Waals surface area contributed by atoms with Gasteiger partial charge in [-0.25, -0.2) is 14.1 Å². The number of amides is 2. The van der Waals surface area contributed by atoms with Crippen LogP contribution in [0, 0.1) is 5.82 Å². The van der Waals surface area contributed by atoms with E-state index in [-0.39, 0.29) is 17.9 Å². The minimum Gasteiger partial charge on any atom is -0.494 e. The predicted octanol–water partition coefficient (Wildman–Crippen LogP) is 1.47. The lowest BCUT2D eigenvalue weighted by molar-refractivity contribution is 0.0763. The molecule has 84 valence electrons. The first-order chi connectivity index (χ1) is 7.54. The van der Waals surface area contributed by atoms with Crippen LogP contribution >= 0.6 is 0 Å². The zero-order chi connectivity index (χ0) is 11.9. The number of halogens is 1. The Labute approximate surface area is 90.0 Å². The lowest BCUT2D eigenvalue weighted by atomic mass is 10.1. The van der Waals surface area contributed by atoms with Crippen molar-refractivity contribution >= 4 is 12.0 Å². The lowest BCUT2D eigenvalue weighted by Crippen LogP contribution is -2.29. The fraction of sp³-hybridized carbons (Fsp3) is 0.200. The molecular weight excluding hydrogens is 217 g/mol. The maximum absolute atomic E-state index is 13.3. The van der Waals surface area contributed by atoms with Crippen molar-refractivity contribution in [2.24, 2.45) is 0 Å². The first kappa shape index (κ1) is 10.4. The number of methoxy groups -OCH3 is 1. The first-order valence-electron chi connectivity index (χ1n) is 4.45. The van der Waals surface area contributed by atoms with Gasteiger partial charge in [0.05, 0.1) is 13.7 Å². The summed E-state index contributed by atoms with van der Waals surface area (Å²) in [6.07, 6.45) is -1.35. The molecule has 0 saturated heterocycles. The second-order valence-electron chi connectivity index (χ2n) is 3.32. The molecule has 1 aromatic carbocycles. The summed E-state index contributed by atoms with van der Waals surface area (Å²) in [6, 6.07) is 2.34. The van der Waals surface area contributed by atoms with Gasteiger partial charge in [0.15, 0.2) is 11.6 Å². The van der Waals surface area contributed by atoms with Crippen molar-refractivity contribution in [3.63, 3.8) is 0 Å². The van der Waals surface area contributed by atoms with E-state index in [4.69, 9.17) is 9.84 Å². The summed E-state index contributed by atoms with van der Waals surface area (Å²) in [7, 11) is 1.30. The number of carbonyl (C=O) groups excluding carboxylic acids is 1. The topological polar surface area (TPSA) is 66.8 Å². The third-order valence-electron chi connectivity index (χ3n) is 2.41. The van der Waals surface area contributed by atoms with E-state index in [1.165, 1.54) is 13.2 Å². The highest BCUT2D eigenvalue weighted by molar-refractivity contribution is 6.06. The van der Waals surface area contributed by atoms with Crippen molar-refractivity contribution in [3.8, 4) is 5.75 Å². The van der Waals surface area contributed by atoms with Crippen LogP contribution in [0.1, 0.15) is 15.9 Å². The summed E-state index contributed by atoms with van der Waals surface area (Å²) in [5.41, 5.74) is 0.520. The average molecular weight is 225 g/mol. The van der Waals surface area contributed by atoms with Gasteiger partial charge in [0.25, 0.3) is 5.91 Å². The molecule has 1 aliphatic heterocycles. The van der Waals surface area contributed by atoms with Crippen molar-refractivity contribution in [1.82, 2.24) is 4.90 Å². The van der Waals surface area contributed by atoms with E-state index in [9.17, 15) is 14.0 Å². The Morgan fingerprint density at radius 3 is 2.81 bits per heavy atom. The van der Waals surface area contributed by atoms with E-state index in [2.05, 4.69) is 0 Å². The molecule has 0 fully saturated rings. The molecule has 0 spiro atoms. The zero-order valence-corrected chi connectivity index (χ0v) is 8.36. The molecule has 2 amide bonds. The van der Waals surface area contributed by atoms with Crippen molar-refractivity contribution in [2.75, 3.05) is 7.11 Å². The number of nitrogens with zero attached hydrogens (tertiary/aromatic N) is 1. The van der Waals surface area contributed by atoms with Crippen molar-refractivity contribution in [2.45, 2.75) is 6.54 Å². The SMILES string of the molecule is COc1cc2c(cc1F)C(=O)N(C(=O)O)C2. The number of rotatable bonds is 1. The molecule has 0 radical (unpaired) electrons. The molecule has 6 heteroatoms. The highest BCUT2D eigenvalue weighted by Gasteiger charge is 2.33.